The van der Waals surface area contributed by atoms with Gasteiger partial charge >= 0.3 is 0 Å². The fourth-order valence-electron chi connectivity index (χ4n) is 3.91. The Morgan fingerprint density at radius 1 is 1.23 bits per heavy atom. The summed E-state index contributed by atoms with van der Waals surface area (Å²) in [6.45, 7) is 0.334. The van der Waals surface area contributed by atoms with E-state index in [0.717, 1.165) is 26.6 Å². The molecule has 11 heteroatoms. The molecule has 0 amide bonds. The van der Waals surface area contributed by atoms with Crippen LogP contribution in [0.4, 0.5) is 0 Å². The molecule has 1 atom stereocenters. The molecule has 10 nitrogen and oxygen atoms in total. The maximum absolute atomic E-state index is 13.3. The van der Waals surface area contributed by atoms with Crippen LogP contribution in [0.1, 0.15) is 22.4 Å². The van der Waals surface area contributed by atoms with Crippen LogP contribution in [-0.4, -0.2) is 44.8 Å². The van der Waals surface area contributed by atoms with Gasteiger partial charge in [-0.1, -0.05) is 12.1 Å². The van der Waals surface area contributed by atoms with Gasteiger partial charge in [0.2, 0.25) is 0 Å². The number of hydrogen-bond acceptors (Lipinski definition) is 7. The molecule has 0 saturated heterocycles. The number of aliphatic hydroxyl groups is 1. The summed E-state index contributed by atoms with van der Waals surface area (Å²) in [5.74, 6) is 0. The lowest BCUT2D eigenvalue weighted by molar-refractivity contribution is 0.215. The number of aryl methyl sites for hydroxylation is 1. The molecule has 0 bridgehead atoms. The van der Waals surface area contributed by atoms with Crippen LogP contribution >= 0.6 is 11.3 Å². The second-order valence-corrected chi connectivity index (χ2v) is 8.31. The molecular formula is C20H16N8O2S. The minimum Gasteiger partial charge on any atom is -0.379 e. The zero-order valence-electron chi connectivity index (χ0n) is 16.3. The first-order valence-electron chi connectivity index (χ1n) is 9.55. The fraction of sp³-hybridized carbons (Fsp3) is 0.150. The Balaban J connectivity index is 1.46. The molecule has 0 aliphatic rings. The standard InChI is InChI=1S/C20H16N8O2S/c1-27-15-12(17-18(27)24-19(31-17)16(29)14-5-6-21-26-14)8-23-28(20(15)30)9-10-3-2-4-13-11(10)7-22-25-13/h2-8,16,29H,9H2,1H3,(H,21,26)(H,22,25)/t16-/m0/s1. The van der Waals surface area contributed by atoms with Crippen molar-refractivity contribution >= 4 is 43.5 Å². The van der Waals surface area contributed by atoms with Gasteiger partial charge in [-0.15, -0.1) is 11.3 Å². The van der Waals surface area contributed by atoms with Crippen molar-refractivity contribution in [3.8, 4) is 0 Å². The number of rotatable bonds is 4. The maximum atomic E-state index is 13.3. The summed E-state index contributed by atoms with van der Waals surface area (Å²) in [5.41, 5.74) is 3.34. The molecule has 3 N–H and O–H groups in total. The molecule has 0 radical (unpaired) electrons. The van der Waals surface area contributed by atoms with Gasteiger partial charge in [-0.3, -0.25) is 15.0 Å². The SMILES string of the molecule is Cn1c2nc([C@@H](O)c3cc[nH]n3)sc2c2cnn(Cc3cccc4[nH]ncc34)c(=O)c21. The number of aromatic amines is 2. The van der Waals surface area contributed by atoms with Gasteiger partial charge in [0.05, 0.1) is 34.8 Å². The van der Waals surface area contributed by atoms with E-state index in [1.54, 1.807) is 36.3 Å². The minimum atomic E-state index is -0.928. The van der Waals surface area contributed by atoms with Crippen molar-refractivity contribution in [2.45, 2.75) is 12.6 Å². The first-order valence-corrected chi connectivity index (χ1v) is 10.4. The molecule has 0 aliphatic heterocycles. The van der Waals surface area contributed by atoms with Crippen LogP contribution in [-0.2, 0) is 13.6 Å². The van der Waals surface area contributed by atoms with Gasteiger partial charge in [0.1, 0.15) is 16.6 Å². The highest BCUT2D eigenvalue weighted by Crippen LogP contribution is 2.34. The van der Waals surface area contributed by atoms with Crippen molar-refractivity contribution in [1.82, 2.24) is 39.7 Å². The van der Waals surface area contributed by atoms with Crippen LogP contribution < -0.4 is 5.56 Å². The third-order valence-electron chi connectivity index (χ3n) is 5.47. The van der Waals surface area contributed by atoms with Gasteiger partial charge in [0, 0.05) is 24.0 Å². The monoisotopic (exact) mass is 432 g/mol. The van der Waals surface area contributed by atoms with Gasteiger partial charge in [-0.25, -0.2) is 9.67 Å². The molecule has 0 fully saturated rings. The average Bonchev–Trinajstić information content (AvgIpc) is 3.56. The Bertz CT molecular complexity index is 1620. The first kappa shape index (κ1) is 18.0. The van der Waals surface area contributed by atoms with Gasteiger partial charge < -0.3 is 9.67 Å². The van der Waals surface area contributed by atoms with Gasteiger partial charge in [0.15, 0.2) is 5.65 Å². The van der Waals surface area contributed by atoms with E-state index in [4.69, 9.17) is 0 Å². The quantitative estimate of drug-likeness (QED) is 0.391. The lowest BCUT2D eigenvalue weighted by atomic mass is 10.1. The highest BCUT2D eigenvalue weighted by atomic mass is 32.1. The summed E-state index contributed by atoms with van der Waals surface area (Å²) in [7, 11) is 1.80. The topological polar surface area (TPSA) is 130 Å². The Morgan fingerprint density at radius 2 is 2.13 bits per heavy atom. The lowest BCUT2D eigenvalue weighted by Crippen LogP contribution is -2.24. The van der Waals surface area contributed by atoms with Crippen LogP contribution in [0.25, 0.3) is 32.2 Å². The van der Waals surface area contributed by atoms with Crippen LogP contribution in [0, 0.1) is 0 Å². The Hall–Kier alpha value is -3.83. The maximum Gasteiger partial charge on any atom is 0.291 e. The number of aliphatic hydroxyl groups excluding tert-OH is 1. The van der Waals surface area contributed by atoms with Crippen molar-refractivity contribution in [2.24, 2.45) is 7.05 Å². The van der Waals surface area contributed by atoms with E-state index in [1.165, 1.54) is 16.0 Å². The summed E-state index contributed by atoms with van der Waals surface area (Å²) < 4.78 is 4.03. The average molecular weight is 432 g/mol. The van der Waals surface area contributed by atoms with Crippen molar-refractivity contribution < 1.29 is 5.11 Å². The van der Waals surface area contributed by atoms with E-state index in [-0.39, 0.29) is 5.56 Å². The zero-order valence-corrected chi connectivity index (χ0v) is 17.1. The number of fused-ring (bicyclic) bond motifs is 4. The van der Waals surface area contributed by atoms with E-state index in [2.05, 4.69) is 30.5 Å². The van der Waals surface area contributed by atoms with E-state index < -0.39 is 6.10 Å². The van der Waals surface area contributed by atoms with Gasteiger partial charge in [-0.05, 0) is 17.7 Å². The lowest BCUT2D eigenvalue weighted by Gasteiger charge is -2.07. The van der Waals surface area contributed by atoms with Crippen molar-refractivity contribution in [3.63, 3.8) is 0 Å². The largest absolute Gasteiger partial charge is 0.379 e. The van der Waals surface area contributed by atoms with Crippen LogP contribution in [0.5, 0.6) is 0 Å². The number of H-pyrrole nitrogens is 2. The Morgan fingerprint density at radius 3 is 2.97 bits per heavy atom. The third-order valence-corrected chi connectivity index (χ3v) is 6.60. The van der Waals surface area contributed by atoms with E-state index in [1.807, 2.05) is 18.2 Å². The summed E-state index contributed by atoms with van der Waals surface area (Å²) in [6.07, 6.45) is 4.17. The molecular weight excluding hydrogens is 416 g/mol. The van der Waals surface area contributed by atoms with E-state index >= 15 is 0 Å². The van der Waals surface area contributed by atoms with Crippen molar-refractivity contribution in [1.29, 1.82) is 0 Å². The number of thiazole rings is 1. The molecule has 0 saturated carbocycles. The number of nitrogens with one attached hydrogen (secondary N) is 2. The summed E-state index contributed by atoms with van der Waals surface area (Å²) in [4.78, 5) is 17.9. The van der Waals surface area contributed by atoms with Crippen molar-refractivity contribution in [2.75, 3.05) is 0 Å². The fourth-order valence-corrected chi connectivity index (χ4v) is 5.02. The molecule has 0 spiro atoms. The second-order valence-electron chi connectivity index (χ2n) is 7.28. The number of nitrogens with zero attached hydrogens (tertiary/aromatic N) is 6. The molecule has 154 valence electrons. The second kappa shape index (κ2) is 6.59. The molecule has 5 heterocycles. The molecule has 6 rings (SSSR count). The molecule has 0 unspecified atom stereocenters. The normalized spacial score (nSPS) is 13.0. The van der Waals surface area contributed by atoms with Crippen LogP contribution in [0.15, 0.2) is 47.7 Å². The number of benzene rings is 1. The summed E-state index contributed by atoms with van der Waals surface area (Å²) >= 11 is 1.34. The molecule has 6 aromatic rings. The number of aromatic nitrogens is 8. The van der Waals surface area contributed by atoms with Gasteiger partial charge in [0.25, 0.3) is 5.56 Å². The van der Waals surface area contributed by atoms with Crippen LogP contribution in [0.2, 0.25) is 0 Å². The minimum absolute atomic E-state index is 0.194. The smallest absolute Gasteiger partial charge is 0.291 e. The Labute approximate surface area is 177 Å². The number of hydrogen-bond donors (Lipinski definition) is 3. The Kier molecular flexibility index (Phi) is 3.82. The highest BCUT2D eigenvalue weighted by Gasteiger charge is 2.23. The highest BCUT2D eigenvalue weighted by molar-refractivity contribution is 7.19. The van der Waals surface area contributed by atoms with Crippen molar-refractivity contribution in [3.05, 3.63) is 69.5 Å². The first-order chi connectivity index (χ1) is 15.1. The summed E-state index contributed by atoms with van der Waals surface area (Å²) in [6, 6.07) is 7.53. The molecule has 31 heavy (non-hydrogen) atoms. The predicted octanol–water partition coefficient (Wildman–Crippen LogP) is 2.07. The summed E-state index contributed by atoms with van der Waals surface area (Å²) in [5, 5.41) is 30.9. The van der Waals surface area contributed by atoms with E-state index in [0.29, 0.717) is 28.4 Å². The van der Waals surface area contributed by atoms with E-state index in [9.17, 15) is 9.90 Å². The predicted molar refractivity (Wildman–Crippen MR) is 116 cm³/mol. The molecule has 0 aliphatic carbocycles. The van der Waals surface area contributed by atoms with Gasteiger partial charge in [-0.2, -0.15) is 15.3 Å². The molecule has 1 aromatic carbocycles. The van der Waals surface area contributed by atoms with Crippen LogP contribution in [0.3, 0.4) is 0 Å². The molecule has 5 aromatic heterocycles. The zero-order chi connectivity index (χ0) is 21.1. The third kappa shape index (κ3) is 2.64.